The monoisotopic (exact) mass is 259 g/mol. The zero-order valence-electron chi connectivity index (χ0n) is 11.3. The number of anilines is 1. The van der Waals surface area contributed by atoms with Crippen LogP contribution in [0, 0.1) is 6.92 Å². The van der Waals surface area contributed by atoms with Crippen LogP contribution in [0.4, 0.5) is 5.82 Å². The highest BCUT2D eigenvalue weighted by molar-refractivity contribution is 5.66. The number of hydrogen-bond donors (Lipinski definition) is 1. The Balaban J connectivity index is 2.51. The third-order valence-corrected chi connectivity index (χ3v) is 2.69. The molecule has 5 heteroatoms. The molecule has 100 valence electrons. The molecule has 1 aromatic carbocycles. The highest BCUT2D eigenvalue weighted by Gasteiger charge is 2.11. The smallest absolute Gasteiger partial charge is 0.165 e. The van der Waals surface area contributed by atoms with Gasteiger partial charge in [-0.2, -0.15) is 0 Å². The van der Waals surface area contributed by atoms with Gasteiger partial charge in [0.15, 0.2) is 5.82 Å². The quantitative estimate of drug-likeness (QED) is 0.911. The van der Waals surface area contributed by atoms with Gasteiger partial charge in [-0.05, 0) is 24.6 Å². The Morgan fingerprint density at radius 2 is 1.95 bits per heavy atom. The van der Waals surface area contributed by atoms with Gasteiger partial charge in [0.25, 0.3) is 0 Å². The fourth-order valence-electron chi connectivity index (χ4n) is 1.84. The number of ether oxygens (including phenoxy) is 2. The van der Waals surface area contributed by atoms with Crippen molar-refractivity contribution in [3.8, 4) is 17.1 Å². The van der Waals surface area contributed by atoms with Crippen LogP contribution in [-0.2, 0) is 11.3 Å². The van der Waals surface area contributed by atoms with Crippen LogP contribution in [0.1, 0.15) is 11.3 Å². The summed E-state index contributed by atoms with van der Waals surface area (Å²) < 4.78 is 10.4. The van der Waals surface area contributed by atoms with Crippen molar-refractivity contribution < 1.29 is 9.47 Å². The SMILES string of the molecule is COCc1cc(N)nc(-c2ccc(C)cc2OC)n1. The molecule has 0 aliphatic carbocycles. The average molecular weight is 259 g/mol. The van der Waals surface area contributed by atoms with Crippen LogP contribution in [0.25, 0.3) is 11.4 Å². The topological polar surface area (TPSA) is 70.3 Å². The van der Waals surface area contributed by atoms with Gasteiger partial charge in [-0.1, -0.05) is 6.07 Å². The number of hydrogen-bond acceptors (Lipinski definition) is 5. The van der Waals surface area contributed by atoms with Crippen molar-refractivity contribution in [3.05, 3.63) is 35.5 Å². The van der Waals surface area contributed by atoms with E-state index in [-0.39, 0.29) is 0 Å². The van der Waals surface area contributed by atoms with E-state index in [1.54, 1.807) is 20.3 Å². The summed E-state index contributed by atoms with van der Waals surface area (Å²) in [7, 11) is 3.24. The molecule has 2 aromatic rings. The molecule has 0 aliphatic heterocycles. The lowest BCUT2D eigenvalue weighted by atomic mass is 10.1. The molecule has 0 aliphatic rings. The minimum absolute atomic E-state index is 0.397. The van der Waals surface area contributed by atoms with E-state index in [9.17, 15) is 0 Å². The number of nitrogen functional groups attached to an aromatic ring is 1. The summed E-state index contributed by atoms with van der Waals surface area (Å²) in [5.41, 5.74) is 8.47. The third-order valence-electron chi connectivity index (χ3n) is 2.69. The van der Waals surface area contributed by atoms with Gasteiger partial charge < -0.3 is 15.2 Å². The molecular formula is C14H17N3O2. The van der Waals surface area contributed by atoms with Crippen molar-refractivity contribution in [2.24, 2.45) is 0 Å². The van der Waals surface area contributed by atoms with Crippen molar-refractivity contribution in [1.82, 2.24) is 9.97 Å². The second-order valence-electron chi connectivity index (χ2n) is 4.24. The highest BCUT2D eigenvalue weighted by Crippen LogP contribution is 2.29. The van der Waals surface area contributed by atoms with Gasteiger partial charge in [0, 0.05) is 13.2 Å². The first-order valence-corrected chi connectivity index (χ1v) is 5.91. The fraction of sp³-hybridized carbons (Fsp3) is 0.286. The minimum atomic E-state index is 0.397. The number of nitrogens with two attached hydrogens (primary N) is 1. The zero-order chi connectivity index (χ0) is 13.8. The third kappa shape index (κ3) is 3.00. The number of methoxy groups -OCH3 is 2. The predicted molar refractivity (Wildman–Crippen MR) is 73.9 cm³/mol. The van der Waals surface area contributed by atoms with E-state index in [2.05, 4.69) is 9.97 Å². The van der Waals surface area contributed by atoms with Crippen molar-refractivity contribution >= 4 is 5.82 Å². The van der Waals surface area contributed by atoms with E-state index in [0.717, 1.165) is 22.6 Å². The molecule has 0 fully saturated rings. The van der Waals surface area contributed by atoms with Crippen molar-refractivity contribution in [2.45, 2.75) is 13.5 Å². The van der Waals surface area contributed by atoms with Crippen LogP contribution >= 0.6 is 0 Å². The summed E-state index contributed by atoms with van der Waals surface area (Å²) in [6.45, 7) is 2.40. The summed E-state index contributed by atoms with van der Waals surface area (Å²) in [4.78, 5) is 8.69. The molecule has 5 nitrogen and oxygen atoms in total. The van der Waals surface area contributed by atoms with Gasteiger partial charge in [-0.25, -0.2) is 9.97 Å². The number of nitrogens with zero attached hydrogens (tertiary/aromatic N) is 2. The molecule has 0 radical (unpaired) electrons. The summed E-state index contributed by atoms with van der Waals surface area (Å²) in [5.74, 6) is 1.69. The van der Waals surface area contributed by atoms with Crippen LogP contribution in [0.2, 0.25) is 0 Å². The second kappa shape index (κ2) is 5.67. The van der Waals surface area contributed by atoms with Crippen molar-refractivity contribution in [3.63, 3.8) is 0 Å². The van der Waals surface area contributed by atoms with Gasteiger partial charge in [-0.3, -0.25) is 0 Å². The minimum Gasteiger partial charge on any atom is -0.496 e. The lowest BCUT2D eigenvalue weighted by molar-refractivity contribution is 0.181. The summed E-state index contributed by atoms with van der Waals surface area (Å²) in [6, 6.07) is 7.56. The number of aryl methyl sites for hydroxylation is 1. The molecule has 0 saturated carbocycles. The lowest BCUT2D eigenvalue weighted by Gasteiger charge is -2.10. The Morgan fingerprint density at radius 1 is 1.16 bits per heavy atom. The van der Waals surface area contributed by atoms with Crippen LogP contribution in [0.3, 0.4) is 0 Å². The maximum absolute atomic E-state index is 5.80. The van der Waals surface area contributed by atoms with E-state index < -0.39 is 0 Å². The molecule has 0 amide bonds. The Hall–Kier alpha value is -2.14. The Bertz CT molecular complexity index is 585. The van der Waals surface area contributed by atoms with Crippen LogP contribution in [0.5, 0.6) is 5.75 Å². The van der Waals surface area contributed by atoms with E-state index in [1.165, 1.54) is 0 Å². The average Bonchev–Trinajstić information content (AvgIpc) is 2.38. The van der Waals surface area contributed by atoms with Gasteiger partial charge in [0.2, 0.25) is 0 Å². The largest absolute Gasteiger partial charge is 0.496 e. The van der Waals surface area contributed by atoms with Gasteiger partial charge >= 0.3 is 0 Å². The number of rotatable bonds is 4. The molecule has 0 bridgehead atoms. The lowest BCUT2D eigenvalue weighted by Crippen LogP contribution is -2.02. The maximum Gasteiger partial charge on any atom is 0.165 e. The number of benzene rings is 1. The molecule has 0 unspecified atom stereocenters. The molecule has 0 atom stereocenters. The normalized spacial score (nSPS) is 10.5. The molecule has 19 heavy (non-hydrogen) atoms. The molecule has 0 spiro atoms. The van der Waals surface area contributed by atoms with E-state index in [4.69, 9.17) is 15.2 Å². The van der Waals surface area contributed by atoms with Crippen LogP contribution in [0.15, 0.2) is 24.3 Å². The second-order valence-corrected chi connectivity index (χ2v) is 4.24. The first-order chi connectivity index (χ1) is 9.13. The standard InChI is InChI=1S/C14H17N3O2/c1-9-4-5-11(12(6-9)19-3)14-16-10(8-18-2)7-13(15)17-14/h4-7H,8H2,1-3H3,(H2,15,16,17). The van der Waals surface area contributed by atoms with E-state index >= 15 is 0 Å². The predicted octanol–water partition coefficient (Wildman–Crippen LogP) is 2.19. The summed E-state index contributed by atoms with van der Waals surface area (Å²) in [6.07, 6.45) is 0. The molecule has 1 aromatic heterocycles. The Labute approximate surface area is 112 Å². The molecule has 0 saturated heterocycles. The summed E-state index contributed by atoms with van der Waals surface area (Å²) >= 11 is 0. The fourth-order valence-corrected chi connectivity index (χ4v) is 1.84. The van der Waals surface area contributed by atoms with Crippen molar-refractivity contribution in [2.75, 3.05) is 20.0 Å². The number of aromatic nitrogens is 2. The molecular weight excluding hydrogens is 242 g/mol. The van der Waals surface area contributed by atoms with E-state index in [1.807, 2.05) is 25.1 Å². The highest BCUT2D eigenvalue weighted by atomic mass is 16.5. The molecule has 1 heterocycles. The first-order valence-electron chi connectivity index (χ1n) is 5.91. The van der Waals surface area contributed by atoms with Gasteiger partial charge in [-0.15, -0.1) is 0 Å². The van der Waals surface area contributed by atoms with Crippen LogP contribution < -0.4 is 10.5 Å². The van der Waals surface area contributed by atoms with Crippen LogP contribution in [-0.4, -0.2) is 24.2 Å². The van der Waals surface area contributed by atoms with E-state index in [0.29, 0.717) is 18.2 Å². The summed E-state index contributed by atoms with van der Waals surface area (Å²) in [5, 5.41) is 0. The zero-order valence-corrected chi connectivity index (χ0v) is 11.3. The van der Waals surface area contributed by atoms with Gasteiger partial charge in [0.1, 0.15) is 11.6 Å². The molecule has 2 N–H and O–H groups in total. The molecule has 2 rings (SSSR count). The first kappa shape index (κ1) is 13.3. The maximum atomic E-state index is 5.80. The van der Waals surface area contributed by atoms with Crippen molar-refractivity contribution in [1.29, 1.82) is 0 Å². The van der Waals surface area contributed by atoms with Gasteiger partial charge in [0.05, 0.1) is 25.0 Å². The Kier molecular flexibility index (Phi) is 3.97. The Morgan fingerprint density at radius 3 is 2.63 bits per heavy atom.